The van der Waals surface area contributed by atoms with Gasteiger partial charge in [0.25, 0.3) is 0 Å². The Balaban J connectivity index is 0.00000180. The zero-order valence-corrected chi connectivity index (χ0v) is 13.5. The van der Waals surface area contributed by atoms with Gasteiger partial charge < -0.3 is 10.4 Å². The van der Waals surface area contributed by atoms with Crippen LogP contribution in [-0.2, 0) is 0 Å². The molecule has 2 N–H and O–H groups in total. The van der Waals surface area contributed by atoms with E-state index in [4.69, 9.17) is 0 Å². The standard InChI is InChI=1S/C15H22N2O.2ClH/c1-3-5-14(17-10-8-16-9-11-17)13-7-4-6-12(2)15(13)18;;/h3-4,6-7,14,16,18H,1,5,8-11H2,2H3;2*1H/t14-;;/m1../s1. The second kappa shape index (κ2) is 9.24. The van der Waals surface area contributed by atoms with Crippen molar-refractivity contribution in [3.63, 3.8) is 0 Å². The van der Waals surface area contributed by atoms with Crippen molar-refractivity contribution < 1.29 is 5.11 Å². The molecule has 5 heteroatoms. The predicted molar refractivity (Wildman–Crippen MR) is 89.3 cm³/mol. The van der Waals surface area contributed by atoms with Crippen LogP contribution in [0.1, 0.15) is 23.6 Å². The molecule has 20 heavy (non-hydrogen) atoms. The lowest BCUT2D eigenvalue weighted by Crippen LogP contribution is -2.45. The quantitative estimate of drug-likeness (QED) is 0.837. The molecule has 0 radical (unpaired) electrons. The Morgan fingerprint density at radius 1 is 1.35 bits per heavy atom. The average molecular weight is 319 g/mol. The molecule has 1 aromatic carbocycles. The summed E-state index contributed by atoms with van der Waals surface area (Å²) in [6.45, 7) is 9.86. The molecular weight excluding hydrogens is 295 g/mol. The minimum absolute atomic E-state index is 0. The summed E-state index contributed by atoms with van der Waals surface area (Å²) in [7, 11) is 0. The van der Waals surface area contributed by atoms with Crippen molar-refractivity contribution in [1.82, 2.24) is 10.2 Å². The summed E-state index contributed by atoms with van der Waals surface area (Å²) in [4.78, 5) is 2.42. The molecule has 1 fully saturated rings. The first-order valence-electron chi connectivity index (χ1n) is 6.58. The predicted octanol–water partition coefficient (Wildman–Crippen LogP) is 3.07. The van der Waals surface area contributed by atoms with Crippen LogP contribution in [0.5, 0.6) is 5.75 Å². The molecule has 0 aliphatic carbocycles. The largest absolute Gasteiger partial charge is 0.507 e. The van der Waals surface area contributed by atoms with Gasteiger partial charge in [-0.3, -0.25) is 4.90 Å². The number of hydrogen-bond acceptors (Lipinski definition) is 3. The number of piperazine rings is 1. The molecule has 1 heterocycles. The van der Waals surface area contributed by atoms with Gasteiger partial charge in [0.1, 0.15) is 5.75 Å². The molecule has 1 atom stereocenters. The number of nitrogens with zero attached hydrogens (tertiary/aromatic N) is 1. The first-order valence-corrected chi connectivity index (χ1v) is 6.58. The summed E-state index contributed by atoms with van der Waals surface area (Å²) >= 11 is 0. The second-order valence-electron chi connectivity index (χ2n) is 4.84. The van der Waals surface area contributed by atoms with Crippen LogP contribution >= 0.6 is 24.8 Å². The molecule has 0 saturated carbocycles. The van der Waals surface area contributed by atoms with E-state index in [-0.39, 0.29) is 30.9 Å². The maximum atomic E-state index is 10.2. The van der Waals surface area contributed by atoms with Gasteiger partial charge in [0, 0.05) is 37.8 Å². The number of benzene rings is 1. The molecule has 3 nitrogen and oxygen atoms in total. The third-order valence-electron chi connectivity index (χ3n) is 3.61. The van der Waals surface area contributed by atoms with Gasteiger partial charge in [-0.15, -0.1) is 31.4 Å². The number of hydrogen-bond donors (Lipinski definition) is 2. The monoisotopic (exact) mass is 318 g/mol. The molecule has 1 saturated heterocycles. The Morgan fingerprint density at radius 3 is 2.60 bits per heavy atom. The molecule has 2 rings (SSSR count). The van der Waals surface area contributed by atoms with E-state index in [1.165, 1.54) is 0 Å². The zero-order chi connectivity index (χ0) is 13.0. The van der Waals surface area contributed by atoms with E-state index in [1.807, 2.05) is 31.2 Å². The fraction of sp³-hybridized carbons (Fsp3) is 0.467. The summed E-state index contributed by atoms with van der Waals surface area (Å²) in [5, 5.41) is 13.6. The lowest BCUT2D eigenvalue weighted by molar-refractivity contribution is 0.172. The third-order valence-corrected chi connectivity index (χ3v) is 3.61. The van der Waals surface area contributed by atoms with Crippen molar-refractivity contribution in [3.8, 4) is 5.75 Å². The van der Waals surface area contributed by atoms with E-state index in [2.05, 4.69) is 16.8 Å². The van der Waals surface area contributed by atoms with E-state index >= 15 is 0 Å². The zero-order valence-electron chi connectivity index (χ0n) is 11.8. The fourth-order valence-electron chi connectivity index (χ4n) is 2.57. The number of phenols is 1. The molecule has 1 aliphatic rings. The molecule has 114 valence electrons. The molecule has 0 bridgehead atoms. The summed E-state index contributed by atoms with van der Waals surface area (Å²) < 4.78 is 0. The highest BCUT2D eigenvalue weighted by Crippen LogP contribution is 2.33. The van der Waals surface area contributed by atoms with Crippen molar-refractivity contribution in [3.05, 3.63) is 42.0 Å². The summed E-state index contributed by atoms with van der Waals surface area (Å²) in [5.74, 6) is 0.433. The Kier molecular flexibility index (Phi) is 8.90. The Labute approximate surface area is 133 Å². The van der Waals surface area contributed by atoms with Crippen LogP contribution in [-0.4, -0.2) is 36.2 Å². The van der Waals surface area contributed by atoms with Crippen molar-refractivity contribution in [1.29, 1.82) is 0 Å². The number of nitrogens with one attached hydrogen (secondary N) is 1. The smallest absolute Gasteiger partial charge is 0.123 e. The number of halogens is 2. The number of para-hydroxylation sites is 1. The van der Waals surface area contributed by atoms with Gasteiger partial charge in [-0.2, -0.15) is 0 Å². The van der Waals surface area contributed by atoms with E-state index in [9.17, 15) is 5.11 Å². The van der Waals surface area contributed by atoms with Crippen molar-refractivity contribution in [2.24, 2.45) is 0 Å². The van der Waals surface area contributed by atoms with Crippen LogP contribution in [0, 0.1) is 6.92 Å². The number of aromatic hydroxyl groups is 1. The van der Waals surface area contributed by atoms with Crippen LogP contribution in [0.4, 0.5) is 0 Å². The Bertz CT molecular complexity index is 420. The van der Waals surface area contributed by atoms with Gasteiger partial charge in [0.2, 0.25) is 0 Å². The van der Waals surface area contributed by atoms with Crippen LogP contribution in [0.3, 0.4) is 0 Å². The van der Waals surface area contributed by atoms with Crippen molar-refractivity contribution in [2.75, 3.05) is 26.2 Å². The number of phenolic OH excluding ortho intramolecular Hbond substituents is 1. The van der Waals surface area contributed by atoms with E-state index < -0.39 is 0 Å². The minimum Gasteiger partial charge on any atom is -0.507 e. The number of aryl methyl sites for hydroxylation is 1. The van der Waals surface area contributed by atoms with Gasteiger partial charge in [-0.1, -0.05) is 24.3 Å². The van der Waals surface area contributed by atoms with Crippen LogP contribution in [0.15, 0.2) is 30.9 Å². The van der Waals surface area contributed by atoms with Crippen LogP contribution in [0.25, 0.3) is 0 Å². The van der Waals surface area contributed by atoms with Gasteiger partial charge in [-0.05, 0) is 18.9 Å². The van der Waals surface area contributed by atoms with E-state index in [1.54, 1.807) is 0 Å². The summed E-state index contributed by atoms with van der Waals surface area (Å²) in [6.07, 6.45) is 2.81. The topological polar surface area (TPSA) is 35.5 Å². The highest BCUT2D eigenvalue weighted by molar-refractivity contribution is 5.85. The maximum absolute atomic E-state index is 10.2. The molecule has 0 spiro atoms. The number of rotatable bonds is 4. The van der Waals surface area contributed by atoms with Crippen LogP contribution in [0.2, 0.25) is 0 Å². The van der Waals surface area contributed by atoms with Gasteiger partial charge >= 0.3 is 0 Å². The van der Waals surface area contributed by atoms with Crippen LogP contribution < -0.4 is 5.32 Å². The first-order chi connectivity index (χ1) is 8.74. The normalized spacial score (nSPS) is 16.6. The second-order valence-corrected chi connectivity index (χ2v) is 4.84. The first kappa shape index (κ1) is 19.3. The third kappa shape index (κ3) is 4.38. The minimum atomic E-state index is 0. The van der Waals surface area contributed by atoms with E-state index in [0.29, 0.717) is 5.75 Å². The highest BCUT2D eigenvalue weighted by atomic mass is 35.5. The molecule has 0 amide bonds. The van der Waals surface area contributed by atoms with Gasteiger partial charge in [0.05, 0.1) is 0 Å². The molecule has 1 aromatic rings. The van der Waals surface area contributed by atoms with Crippen molar-refractivity contribution in [2.45, 2.75) is 19.4 Å². The summed E-state index contributed by atoms with van der Waals surface area (Å²) in [5.41, 5.74) is 1.97. The molecule has 1 aliphatic heterocycles. The van der Waals surface area contributed by atoms with Crippen molar-refractivity contribution >= 4 is 24.8 Å². The van der Waals surface area contributed by atoms with E-state index in [0.717, 1.165) is 43.7 Å². The molecule has 0 unspecified atom stereocenters. The molecular formula is C15H24Cl2N2O. The maximum Gasteiger partial charge on any atom is 0.123 e. The summed E-state index contributed by atoms with van der Waals surface area (Å²) in [6, 6.07) is 6.23. The lowest BCUT2D eigenvalue weighted by Gasteiger charge is -2.35. The Morgan fingerprint density at radius 2 is 2.00 bits per heavy atom. The highest BCUT2D eigenvalue weighted by Gasteiger charge is 2.23. The van der Waals surface area contributed by atoms with Gasteiger partial charge in [-0.25, -0.2) is 0 Å². The lowest BCUT2D eigenvalue weighted by atomic mass is 9.98. The SMILES string of the molecule is C=CC[C@H](c1cccc(C)c1O)N1CCNCC1.Cl.Cl. The fourth-order valence-corrected chi connectivity index (χ4v) is 2.57. The van der Waals surface area contributed by atoms with Gasteiger partial charge in [0.15, 0.2) is 0 Å². The average Bonchev–Trinajstić information content (AvgIpc) is 2.41. The Hall–Kier alpha value is -0.740. The molecule has 0 aromatic heterocycles.